The van der Waals surface area contributed by atoms with Crippen molar-refractivity contribution in [1.29, 1.82) is 0 Å². The van der Waals surface area contributed by atoms with Crippen molar-refractivity contribution in [2.45, 2.75) is 25.7 Å². The number of rotatable bonds is 3. The van der Waals surface area contributed by atoms with E-state index in [2.05, 4.69) is 41.6 Å². The van der Waals surface area contributed by atoms with Crippen molar-refractivity contribution in [3.63, 3.8) is 0 Å². The standard InChI is InChI=1S/C16H20ClN3/c1-11-4-6-13(7-5-11)16(9-18-10-16)8-14-12(2)19-20(3)15(14)17/h4-7,18H,8-10H2,1-3H3. The maximum absolute atomic E-state index is 6.39. The summed E-state index contributed by atoms with van der Waals surface area (Å²) in [5.41, 5.74) is 5.06. The van der Waals surface area contributed by atoms with Crippen LogP contribution in [0.4, 0.5) is 0 Å². The van der Waals surface area contributed by atoms with Gasteiger partial charge in [-0.05, 0) is 25.8 Å². The van der Waals surface area contributed by atoms with Gasteiger partial charge in [0.2, 0.25) is 0 Å². The van der Waals surface area contributed by atoms with Crippen molar-refractivity contribution in [2.24, 2.45) is 7.05 Å². The number of aromatic nitrogens is 2. The highest BCUT2D eigenvalue weighted by atomic mass is 35.5. The summed E-state index contributed by atoms with van der Waals surface area (Å²) in [7, 11) is 1.90. The Morgan fingerprint density at radius 1 is 1.25 bits per heavy atom. The number of benzene rings is 1. The van der Waals surface area contributed by atoms with Crippen LogP contribution in [0.5, 0.6) is 0 Å². The fraction of sp³-hybridized carbons (Fsp3) is 0.438. The maximum Gasteiger partial charge on any atom is 0.130 e. The molecule has 1 aromatic carbocycles. The normalized spacial score (nSPS) is 17.0. The lowest BCUT2D eigenvalue weighted by Crippen LogP contribution is -2.58. The van der Waals surface area contributed by atoms with Crippen LogP contribution in [-0.2, 0) is 18.9 Å². The van der Waals surface area contributed by atoms with Gasteiger partial charge >= 0.3 is 0 Å². The summed E-state index contributed by atoms with van der Waals surface area (Å²) in [6.45, 7) is 6.16. The van der Waals surface area contributed by atoms with Gasteiger partial charge in [-0.1, -0.05) is 41.4 Å². The molecule has 1 aromatic heterocycles. The summed E-state index contributed by atoms with van der Waals surface area (Å²) >= 11 is 6.39. The molecule has 20 heavy (non-hydrogen) atoms. The number of hydrogen-bond acceptors (Lipinski definition) is 2. The lowest BCUT2D eigenvalue weighted by molar-refractivity contribution is 0.274. The van der Waals surface area contributed by atoms with Crippen LogP contribution in [0, 0.1) is 13.8 Å². The molecule has 1 aliphatic heterocycles. The zero-order valence-corrected chi connectivity index (χ0v) is 13.0. The smallest absolute Gasteiger partial charge is 0.130 e. The predicted octanol–water partition coefficient (Wildman–Crippen LogP) is 2.77. The van der Waals surface area contributed by atoms with E-state index in [1.165, 1.54) is 16.7 Å². The van der Waals surface area contributed by atoms with Crippen LogP contribution in [0.2, 0.25) is 5.15 Å². The highest BCUT2D eigenvalue weighted by molar-refractivity contribution is 6.30. The highest BCUT2D eigenvalue weighted by Crippen LogP contribution is 2.35. The Balaban J connectivity index is 1.96. The topological polar surface area (TPSA) is 29.9 Å². The number of nitrogens with one attached hydrogen (secondary N) is 1. The molecule has 1 aliphatic rings. The van der Waals surface area contributed by atoms with Gasteiger partial charge in [0, 0.05) is 31.1 Å². The third-order valence-electron chi connectivity index (χ3n) is 4.38. The van der Waals surface area contributed by atoms with E-state index in [0.29, 0.717) is 0 Å². The molecule has 2 aromatic rings. The van der Waals surface area contributed by atoms with Crippen molar-refractivity contribution >= 4 is 11.6 Å². The van der Waals surface area contributed by atoms with Gasteiger partial charge in [0.15, 0.2) is 0 Å². The molecule has 3 nitrogen and oxygen atoms in total. The molecule has 1 fully saturated rings. The molecule has 0 aliphatic carbocycles. The summed E-state index contributed by atoms with van der Waals surface area (Å²) < 4.78 is 1.77. The third kappa shape index (κ3) is 2.15. The van der Waals surface area contributed by atoms with E-state index in [1.54, 1.807) is 4.68 Å². The molecule has 106 valence electrons. The van der Waals surface area contributed by atoms with Crippen LogP contribution in [-0.4, -0.2) is 22.9 Å². The van der Waals surface area contributed by atoms with Crippen LogP contribution < -0.4 is 5.32 Å². The van der Waals surface area contributed by atoms with E-state index in [1.807, 2.05) is 14.0 Å². The molecule has 0 atom stereocenters. The zero-order chi connectivity index (χ0) is 14.3. The first-order chi connectivity index (χ1) is 9.52. The molecular formula is C16H20ClN3. The number of hydrogen-bond donors (Lipinski definition) is 1. The van der Waals surface area contributed by atoms with Gasteiger partial charge in [-0.2, -0.15) is 5.10 Å². The Bertz CT molecular complexity index is 624. The lowest BCUT2D eigenvalue weighted by Gasteiger charge is -2.43. The highest BCUT2D eigenvalue weighted by Gasteiger charge is 2.40. The molecule has 0 spiro atoms. The second-order valence-electron chi connectivity index (χ2n) is 5.91. The molecule has 1 N–H and O–H groups in total. The molecule has 3 rings (SSSR count). The van der Waals surface area contributed by atoms with Crippen molar-refractivity contribution < 1.29 is 0 Å². The van der Waals surface area contributed by atoms with E-state index >= 15 is 0 Å². The molecule has 0 bridgehead atoms. The van der Waals surface area contributed by atoms with E-state index < -0.39 is 0 Å². The second kappa shape index (κ2) is 4.90. The average molecular weight is 290 g/mol. The van der Waals surface area contributed by atoms with Crippen LogP contribution in [0.25, 0.3) is 0 Å². The van der Waals surface area contributed by atoms with Crippen LogP contribution in [0.15, 0.2) is 24.3 Å². The largest absolute Gasteiger partial charge is 0.315 e. The Hall–Kier alpha value is -1.32. The summed E-state index contributed by atoms with van der Waals surface area (Å²) in [5, 5.41) is 8.60. The molecule has 1 saturated heterocycles. The van der Waals surface area contributed by atoms with Gasteiger partial charge in [0.25, 0.3) is 0 Å². The maximum atomic E-state index is 6.39. The van der Waals surface area contributed by atoms with Crippen molar-refractivity contribution in [3.8, 4) is 0 Å². The Labute approximate surface area is 124 Å². The van der Waals surface area contributed by atoms with E-state index in [4.69, 9.17) is 11.6 Å². The molecule has 0 saturated carbocycles. The monoisotopic (exact) mass is 289 g/mol. The van der Waals surface area contributed by atoms with Gasteiger partial charge in [0.1, 0.15) is 5.15 Å². The quantitative estimate of drug-likeness (QED) is 0.942. The second-order valence-corrected chi connectivity index (χ2v) is 6.26. The summed E-state index contributed by atoms with van der Waals surface area (Å²) in [5.74, 6) is 0. The fourth-order valence-electron chi connectivity index (χ4n) is 2.98. The number of halogens is 1. The van der Waals surface area contributed by atoms with Gasteiger partial charge in [-0.25, -0.2) is 0 Å². The number of nitrogens with zero attached hydrogens (tertiary/aromatic N) is 2. The Kier molecular flexibility index (Phi) is 3.35. The Morgan fingerprint density at radius 2 is 1.90 bits per heavy atom. The summed E-state index contributed by atoms with van der Waals surface area (Å²) in [6, 6.07) is 8.87. The van der Waals surface area contributed by atoms with Crippen molar-refractivity contribution in [3.05, 3.63) is 51.8 Å². The zero-order valence-electron chi connectivity index (χ0n) is 12.2. The van der Waals surface area contributed by atoms with E-state index in [0.717, 1.165) is 30.4 Å². The predicted molar refractivity (Wildman–Crippen MR) is 82.4 cm³/mol. The fourth-order valence-corrected chi connectivity index (χ4v) is 3.22. The molecule has 0 amide bonds. The van der Waals surface area contributed by atoms with Gasteiger partial charge in [0.05, 0.1) is 5.69 Å². The van der Waals surface area contributed by atoms with Gasteiger partial charge in [-0.15, -0.1) is 0 Å². The molecule has 0 unspecified atom stereocenters. The van der Waals surface area contributed by atoms with Crippen LogP contribution in [0.1, 0.15) is 22.4 Å². The Morgan fingerprint density at radius 3 is 2.35 bits per heavy atom. The van der Waals surface area contributed by atoms with Crippen LogP contribution >= 0.6 is 11.6 Å². The third-order valence-corrected chi connectivity index (χ3v) is 4.85. The first kappa shape index (κ1) is 13.7. The van der Waals surface area contributed by atoms with Crippen molar-refractivity contribution in [1.82, 2.24) is 15.1 Å². The van der Waals surface area contributed by atoms with E-state index in [-0.39, 0.29) is 5.41 Å². The molecular weight excluding hydrogens is 270 g/mol. The summed E-state index contributed by atoms with van der Waals surface area (Å²) in [4.78, 5) is 0. The molecule has 0 radical (unpaired) electrons. The SMILES string of the molecule is Cc1ccc(C2(Cc3c(C)nn(C)c3Cl)CNC2)cc1. The van der Waals surface area contributed by atoms with E-state index in [9.17, 15) is 0 Å². The average Bonchev–Trinajstić information content (AvgIpc) is 2.61. The first-order valence-electron chi connectivity index (χ1n) is 6.98. The summed E-state index contributed by atoms with van der Waals surface area (Å²) in [6.07, 6.45) is 0.946. The van der Waals surface area contributed by atoms with Crippen LogP contribution in [0.3, 0.4) is 0 Å². The van der Waals surface area contributed by atoms with Gasteiger partial charge < -0.3 is 5.32 Å². The molecule has 2 heterocycles. The number of aryl methyl sites for hydroxylation is 3. The first-order valence-corrected chi connectivity index (χ1v) is 7.35. The molecule has 4 heteroatoms. The minimum absolute atomic E-state index is 0.158. The van der Waals surface area contributed by atoms with Gasteiger partial charge in [-0.3, -0.25) is 4.68 Å². The minimum Gasteiger partial charge on any atom is -0.315 e. The van der Waals surface area contributed by atoms with Crippen molar-refractivity contribution in [2.75, 3.05) is 13.1 Å². The minimum atomic E-state index is 0.158. The lowest BCUT2D eigenvalue weighted by atomic mass is 9.71.